The Morgan fingerprint density at radius 2 is 1.94 bits per heavy atom. The van der Waals surface area contributed by atoms with Crippen molar-refractivity contribution in [2.24, 2.45) is 5.41 Å². The molecule has 0 aromatic rings. The molecule has 0 radical (unpaired) electrons. The maximum absolute atomic E-state index is 6.43. The van der Waals surface area contributed by atoms with Crippen LogP contribution in [0.4, 0.5) is 0 Å². The summed E-state index contributed by atoms with van der Waals surface area (Å²) in [6.07, 6.45) is 12.1. The zero-order chi connectivity index (χ0) is 12.4. The van der Waals surface area contributed by atoms with Crippen LogP contribution >= 0.6 is 11.6 Å². The van der Waals surface area contributed by atoms with Gasteiger partial charge in [-0.3, -0.25) is 0 Å². The van der Waals surface area contributed by atoms with E-state index in [-0.39, 0.29) is 11.0 Å². The second-order valence-electron chi connectivity index (χ2n) is 6.52. The third-order valence-corrected chi connectivity index (χ3v) is 5.65. The number of rotatable bonds is 4. The molecule has 17 heavy (non-hydrogen) atoms. The maximum atomic E-state index is 6.43. The van der Waals surface area contributed by atoms with Gasteiger partial charge in [0.2, 0.25) is 0 Å². The van der Waals surface area contributed by atoms with Gasteiger partial charge < -0.3 is 4.74 Å². The molecule has 1 aliphatic heterocycles. The fourth-order valence-electron chi connectivity index (χ4n) is 3.45. The number of alkyl halides is 1. The molecule has 2 rings (SSSR count). The van der Waals surface area contributed by atoms with Gasteiger partial charge in [0.15, 0.2) is 0 Å². The molecular formula is C15H27ClO. The summed E-state index contributed by atoms with van der Waals surface area (Å²) in [6.45, 7) is 4.54. The van der Waals surface area contributed by atoms with Gasteiger partial charge in [-0.2, -0.15) is 0 Å². The van der Waals surface area contributed by atoms with Crippen LogP contribution in [0.5, 0.6) is 0 Å². The van der Waals surface area contributed by atoms with Gasteiger partial charge in [-0.05, 0) is 43.9 Å². The molecule has 1 saturated carbocycles. The van der Waals surface area contributed by atoms with Crippen LogP contribution in [-0.4, -0.2) is 17.6 Å². The molecule has 0 aromatic heterocycles. The van der Waals surface area contributed by atoms with Crippen molar-refractivity contribution in [2.45, 2.75) is 83.3 Å². The molecule has 1 spiro atoms. The van der Waals surface area contributed by atoms with Gasteiger partial charge in [0.25, 0.3) is 0 Å². The highest BCUT2D eigenvalue weighted by atomic mass is 35.5. The van der Waals surface area contributed by atoms with Gasteiger partial charge in [0.1, 0.15) is 0 Å². The maximum Gasteiger partial charge on any atom is 0.0687 e. The molecule has 0 amide bonds. The van der Waals surface area contributed by atoms with Crippen molar-refractivity contribution in [3.8, 4) is 0 Å². The molecule has 0 N–H and O–H groups in total. The average Bonchev–Trinajstić information content (AvgIpc) is 2.72. The van der Waals surface area contributed by atoms with Crippen molar-refractivity contribution in [1.82, 2.24) is 0 Å². The molecule has 1 aliphatic carbocycles. The summed E-state index contributed by atoms with van der Waals surface area (Å²) in [6, 6.07) is 0. The first-order valence-electron chi connectivity index (χ1n) is 7.35. The lowest BCUT2D eigenvalue weighted by Crippen LogP contribution is -2.33. The minimum absolute atomic E-state index is 0.268. The monoisotopic (exact) mass is 258 g/mol. The van der Waals surface area contributed by atoms with E-state index in [2.05, 4.69) is 13.8 Å². The lowest BCUT2D eigenvalue weighted by atomic mass is 9.81. The topological polar surface area (TPSA) is 9.23 Å². The molecular weight excluding hydrogens is 232 g/mol. The van der Waals surface area contributed by atoms with Crippen molar-refractivity contribution < 1.29 is 4.74 Å². The molecule has 2 unspecified atom stereocenters. The van der Waals surface area contributed by atoms with Crippen LogP contribution in [0.15, 0.2) is 0 Å². The molecule has 2 aliphatic rings. The second-order valence-corrected chi connectivity index (χ2v) is 6.79. The highest BCUT2D eigenvalue weighted by molar-refractivity contribution is 6.18. The van der Waals surface area contributed by atoms with Crippen LogP contribution in [0.2, 0.25) is 0 Å². The summed E-state index contributed by atoms with van der Waals surface area (Å²) < 4.78 is 6.43. The Labute approximate surface area is 111 Å². The van der Waals surface area contributed by atoms with E-state index >= 15 is 0 Å². The molecule has 100 valence electrons. The van der Waals surface area contributed by atoms with E-state index in [1.807, 2.05) is 0 Å². The van der Waals surface area contributed by atoms with Crippen molar-refractivity contribution in [3.05, 3.63) is 0 Å². The van der Waals surface area contributed by atoms with Crippen molar-refractivity contribution in [3.63, 3.8) is 0 Å². The summed E-state index contributed by atoms with van der Waals surface area (Å²) in [4.78, 5) is 0. The number of halogens is 1. The molecule has 2 fully saturated rings. The molecule has 0 bridgehead atoms. The van der Waals surface area contributed by atoms with Crippen LogP contribution in [0, 0.1) is 5.41 Å². The Morgan fingerprint density at radius 3 is 2.53 bits per heavy atom. The standard InChI is InChI=1S/C15H27ClO/c1-3-14(2,12-16)11-13-7-10-15(17-13)8-5-4-6-9-15/h13H,3-12H2,1-2H3. The Balaban J connectivity index is 1.89. The highest BCUT2D eigenvalue weighted by Gasteiger charge is 2.42. The molecule has 2 heteroatoms. The molecule has 1 nitrogen and oxygen atoms in total. The van der Waals surface area contributed by atoms with Crippen molar-refractivity contribution >= 4 is 11.6 Å². The van der Waals surface area contributed by atoms with E-state index in [4.69, 9.17) is 16.3 Å². The zero-order valence-corrected chi connectivity index (χ0v) is 12.2. The minimum atomic E-state index is 0.268. The van der Waals surface area contributed by atoms with Crippen LogP contribution in [0.3, 0.4) is 0 Å². The quantitative estimate of drug-likeness (QED) is 0.651. The minimum Gasteiger partial charge on any atom is -0.372 e. The van der Waals surface area contributed by atoms with Crippen LogP contribution in [-0.2, 0) is 4.74 Å². The van der Waals surface area contributed by atoms with E-state index in [0.717, 1.165) is 18.7 Å². The number of hydrogen-bond acceptors (Lipinski definition) is 1. The number of hydrogen-bond donors (Lipinski definition) is 0. The predicted octanol–water partition coefficient (Wildman–Crippen LogP) is 4.91. The van der Waals surface area contributed by atoms with Crippen molar-refractivity contribution in [2.75, 3.05) is 5.88 Å². The van der Waals surface area contributed by atoms with E-state index < -0.39 is 0 Å². The first-order chi connectivity index (χ1) is 8.11. The van der Waals surface area contributed by atoms with Gasteiger partial charge in [-0.1, -0.05) is 33.1 Å². The van der Waals surface area contributed by atoms with E-state index in [9.17, 15) is 0 Å². The van der Waals surface area contributed by atoms with E-state index in [1.54, 1.807) is 0 Å². The van der Waals surface area contributed by atoms with E-state index in [1.165, 1.54) is 44.9 Å². The largest absolute Gasteiger partial charge is 0.372 e. The van der Waals surface area contributed by atoms with Crippen LogP contribution in [0.25, 0.3) is 0 Å². The van der Waals surface area contributed by atoms with Crippen molar-refractivity contribution in [1.29, 1.82) is 0 Å². The molecule has 1 saturated heterocycles. The summed E-state index contributed by atoms with van der Waals surface area (Å²) in [5, 5.41) is 0. The smallest absolute Gasteiger partial charge is 0.0687 e. The van der Waals surface area contributed by atoms with Gasteiger partial charge in [-0.25, -0.2) is 0 Å². The summed E-state index contributed by atoms with van der Waals surface area (Å²) in [5.41, 5.74) is 0.538. The average molecular weight is 259 g/mol. The Morgan fingerprint density at radius 1 is 1.24 bits per heavy atom. The third kappa shape index (κ3) is 3.17. The van der Waals surface area contributed by atoms with Gasteiger partial charge in [0.05, 0.1) is 11.7 Å². The molecule has 1 heterocycles. The van der Waals surface area contributed by atoms with Gasteiger partial charge >= 0.3 is 0 Å². The Bertz CT molecular complexity index is 241. The SMILES string of the molecule is CCC(C)(CCl)CC1CCC2(CCCCC2)O1. The highest BCUT2D eigenvalue weighted by Crippen LogP contribution is 2.45. The third-order valence-electron chi connectivity index (χ3n) is 5.00. The number of ether oxygens (including phenoxy) is 1. The lowest BCUT2D eigenvalue weighted by molar-refractivity contribution is -0.0746. The fourth-order valence-corrected chi connectivity index (χ4v) is 3.74. The van der Waals surface area contributed by atoms with Gasteiger partial charge in [-0.15, -0.1) is 11.6 Å². The van der Waals surface area contributed by atoms with Gasteiger partial charge in [0, 0.05) is 5.88 Å². The Kier molecular flexibility index (Phi) is 4.41. The molecule has 0 aromatic carbocycles. The van der Waals surface area contributed by atoms with E-state index in [0.29, 0.717) is 6.10 Å². The Hall–Kier alpha value is 0.250. The molecule has 2 atom stereocenters. The second kappa shape index (κ2) is 5.48. The zero-order valence-electron chi connectivity index (χ0n) is 11.4. The first kappa shape index (κ1) is 13.7. The predicted molar refractivity (Wildman–Crippen MR) is 73.7 cm³/mol. The first-order valence-corrected chi connectivity index (χ1v) is 7.89. The summed E-state index contributed by atoms with van der Waals surface area (Å²) in [5.74, 6) is 0.760. The lowest BCUT2D eigenvalue weighted by Gasteiger charge is -2.35. The summed E-state index contributed by atoms with van der Waals surface area (Å²) in [7, 11) is 0. The van der Waals surface area contributed by atoms with Crippen LogP contribution in [0.1, 0.15) is 71.6 Å². The fraction of sp³-hybridized carbons (Fsp3) is 1.00. The summed E-state index contributed by atoms with van der Waals surface area (Å²) >= 11 is 6.11. The normalized spacial score (nSPS) is 31.6. The van der Waals surface area contributed by atoms with Crippen LogP contribution < -0.4 is 0 Å².